The minimum Gasteiger partial charge on any atom is -0.481 e. The number of nitrogens with zero attached hydrogens (tertiary/aromatic N) is 1. The van der Waals surface area contributed by atoms with Crippen LogP contribution in [0.1, 0.15) is 45.4 Å². The number of rotatable bonds is 7. The van der Waals surface area contributed by atoms with Crippen molar-refractivity contribution >= 4 is 12.0 Å². The maximum atomic E-state index is 12.5. The highest BCUT2D eigenvalue weighted by molar-refractivity contribution is 5.80. The molecule has 1 aliphatic carbocycles. The Bertz CT molecular complexity index is 415. The number of hydrogen-bond acceptors (Lipinski definition) is 3. The molecule has 1 saturated heterocycles. The van der Waals surface area contributed by atoms with Gasteiger partial charge in [-0.2, -0.15) is 0 Å². The molecular formula is C16H28N2O4. The molecule has 6 heteroatoms. The topological polar surface area (TPSA) is 78.9 Å². The number of aliphatic carboxylic acids is 1. The first-order chi connectivity index (χ1) is 10.5. The Morgan fingerprint density at radius 3 is 2.86 bits per heavy atom. The van der Waals surface area contributed by atoms with Gasteiger partial charge < -0.3 is 20.1 Å². The van der Waals surface area contributed by atoms with E-state index in [0.717, 1.165) is 32.1 Å². The van der Waals surface area contributed by atoms with Gasteiger partial charge in [-0.3, -0.25) is 4.79 Å². The Balaban J connectivity index is 1.94. The molecule has 1 heterocycles. The Morgan fingerprint density at radius 1 is 1.50 bits per heavy atom. The average molecular weight is 312 g/mol. The molecule has 0 bridgehead atoms. The maximum absolute atomic E-state index is 12.5. The summed E-state index contributed by atoms with van der Waals surface area (Å²) < 4.78 is 5.17. The van der Waals surface area contributed by atoms with Crippen LogP contribution in [0.3, 0.4) is 0 Å². The van der Waals surface area contributed by atoms with E-state index in [0.29, 0.717) is 26.1 Å². The number of nitrogens with one attached hydrogen (secondary N) is 1. The van der Waals surface area contributed by atoms with Crippen LogP contribution in [0, 0.1) is 11.3 Å². The molecule has 2 N–H and O–H groups in total. The van der Waals surface area contributed by atoms with E-state index in [-0.39, 0.29) is 18.0 Å². The average Bonchev–Trinajstić information content (AvgIpc) is 3.02. The fourth-order valence-electron chi connectivity index (χ4n) is 3.91. The third-order valence-electron chi connectivity index (χ3n) is 5.19. The summed E-state index contributed by atoms with van der Waals surface area (Å²) in [6, 6.07) is -0.146. The van der Waals surface area contributed by atoms with Crippen LogP contribution in [-0.2, 0) is 9.53 Å². The lowest BCUT2D eigenvalue weighted by Gasteiger charge is -2.25. The highest BCUT2D eigenvalue weighted by atomic mass is 16.5. The fourth-order valence-corrected chi connectivity index (χ4v) is 3.91. The number of amides is 2. The van der Waals surface area contributed by atoms with Crippen LogP contribution < -0.4 is 5.32 Å². The lowest BCUT2D eigenvalue weighted by molar-refractivity contribution is -0.149. The molecule has 0 radical (unpaired) electrons. The van der Waals surface area contributed by atoms with Crippen LogP contribution in [-0.4, -0.2) is 54.9 Å². The molecule has 0 aromatic rings. The highest BCUT2D eigenvalue weighted by Gasteiger charge is 2.55. The van der Waals surface area contributed by atoms with Crippen molar-refractivity contribution in [3.8, 4) is 0 Å². The number of ether oxygens (including phenoxy) is 1. The van der Waals surface area contributed by atoms with E-state index in [1.54, 1.807) is 12.0 Å². The summed E-state index contributed by atoms with van der Waals surface area (Å²) in [5, 5.41) is 12.6. The molecule has 0 aromatic carbocycles. The van der Waals surface area contributed by atoms with Crippen molar-refractivity contribution in [2.75, 3.05) is 26.8 Å². The predicted octanol–water partition coefficient (Wildman–Crippen LogP) is 2.09. The van der Waals surface area contributed by atoms with Crippen LogP contribution >= 0.6 is 0 Å². The van der Waals surface area contributed by atoms with Crippen LogP contribution in [0.5, 0.6) is 0 Å². The molecule has 0 aromatic heterocycles. The minimum absolute atomic E-state index is 0.00123. The van der Waals surface area contributed by atoms with E-state index >= 15 is 0 Å². The molecule has 1 unspecified atom stereocenters. The zero-order valence-corrected chi connectivity index (χ0v) is 13.6. The van der Waals surface area contributed by atoms with E-state index in [2.05, 4.69) is 12.2 Å². The van der Waals surface area contributed by atoms with Gasteiger partial charge in [0.1, 0.15) is 0 Å². The van der Waals surface area contributed by atoms with E-state index in [9.17, 15) is 14.7 Å². The monoisotopic (exact) mass is 312 g/mol. The second-order valence-corrected chi connectivity index (χ2v) is 6.67. The van der Waals surface area contributed by atoms with E-state index in [1.807, 2.05) is 0 Å². The maximum Gasteiger partial charge on any atom is 0.317 e. The SMILES string of the molecule is CCCCC(COC)NC(=O)N1C[C@@H]2CCC[C@@]2(C(=O)O)C1. The van der Waals surface area contributed by atoms with Gasteiger partial charge in [0.2, 0.25) is 0 Å². The van der Waals surface area contributed by atoms with Crippen molar-refractivity contribution in [2.45, 2.75) is 51.5 Å². The molecule has 2 amide bonds. The Hall–Kier alpha value is -1.30. The second-order valence-electron chi connectivity index (χ2n) is 6.67. The van der Waals surface area contributed by atoms with Crippen LogP contribution in [0.15, 0.2) is 0 Å². The summed E-state index contributed by atoms with van der Waals surface area (Å²) in [7, 11) is 1.63. The van der Waals surface area contributed by atoms with Crippen molar-refractivity contribution < 1.29 is 19.4 Å². The zero-order chi connectivity index (χ0) is 16.2. The third-order valence-corrected chi connectivity index (χ3v) is 5.19. The summed E-state index contributed by atoms with van der Waals surface area (Å²) in [6.45, 7) is 3.51. The Morgan fingerprint density at radius 2 is 2.27 bits per heavy atom. The number of methoxy groups -OCH3 is 1. The second kappa shape index (κ2) is 7.31. The van der Waals surface area contributed by atoms with E-state index in [4.69, 9.17) is 4.74 Å². The van der Waals surface area contributed by atoms with Crippen molar-refractivity contribution in [2.24, 2.45) is 11.3 Å². The number of unbranched alkanes of at least 4 members (excludes halogenated alkanes) is 1. The zero-order valence-electron chi connectivity index (χ0n) is 13.6. The number of fused-ring (bicyclic) bond motifs is 1. The first-order valence-electron chi connectivity index (χ1n) is 8.31. The fraction of sp³-hybridized carbons (Fsp3) is 0.875. The molecule has 0 spiro atoms. The summed E-state index contributed by atoms with van der Waals surface area (Å²) >= 11 is 0. The Kier molecular flexibility index (Phi) is 5.67. The molecule has 1 aliphatic heterocycles. The molecule has 2 fully saturated rings. The van der Waals surface area contributed by atoms with Gasteiger partial charge in [-0.25, -0.2) is 4.79 Å². The van der Waals surface area contributed by atoms with Crippen molar-refractivity contribution in [1.82, 2.24) is 10.2 Å². The van der Waals surface area contributed by atoms with Crippen LogP contribution in [0.2, 0.25) is 0 Å². The number of carboxylic acids is 1. The van der Waals surface area contributed by atoms with Crippen LogP contribution in [0.4, 0.5) is 4.79 Å². The molecule has 2 aliphatic rings. The normalized spacial score (nSPS) is 28.5. The van der Waals surface area contributed by atoms with Gasteiger partial charge in [0.05, 0.1) is 18.1 Å². The number of likely N-dealkylation sites (tertiary alicyclic amines) is 1. The lowest BCUT2D eigenvalue weighted by Crippen LogP contribution is -2.47. The number of carbonyl (C=O) groups excluding carboxylic acids is 1. The molecule has 6 nitrogen and oxygen atoms in total. The van der Waals surface area contributed by atoms with Gasteiger partial charge >= 0.3 is 12.0 Å². The molecule has 22 heavy (non-hydrogen) atoms. The van der Waals surface area contributed by atoms with Crippen molar-refractivity contribution in [3.05, 3.63) is 0 Å². The van der Waals surface area contributed by atoms with Gasteiger partial charge in [0.25, 0.3) is 0 Å². The summed E-state index contributed by atoms with van der Waals surface area (Å²) in [6.07, 6.45) is 5.55. The molecule has 2 rings (SSSR count). The van der Waals surface area contributed by atoms with Crippen LogP contribution in [0.25, 0.3) is 0 Å². The van der Waals surface area contributed by atoms with Gasteiger partial charge in [-0.15, -0.1) is 0 Å². The molecular weight excluding hydrogens is 284 g/mol. The quantitative estimate of drug-likeness (QED) is 0.754. The molecule has 126 valence electrons. The first kappa shape index (κ1) is 17.1. The van der Waals surface area contributed by atoms with Gasteiger partial charge in [0.15, 0.2) is 0 Å². The summed E-state index contributed by atoms with van der Waals surface area (Å²) in [4.78, 5) is 25.8. The van der Waals surface area contributed by atoms with Gasteiger partial charge in [0, 0.05) is 20.2 Å². The third kappa shape index (κ3) is 3.37. The largest absolute Gasteiger partial charge is 0.481 e. The van der Waals surface area contributed by atoms with E-state index < -0.39 is 11.4 Å². The molecule has 3 atom stereocenters. The summed E-state index contributed by atoms with van der Waals surface area (Å²) in [5.41, 5.74) is -0.711. The number of carboxylic acid groups (broad SMARTS) is 1. The Labute approximate surface area is 132 Å². The first-order valence-corrected chi connectivity index (χ1v) is 8.31. The van der Waals surface area contributed by atoms with Crippen molar-refractivity contribution in [1.29, 1.82) is 0 Å². The predicted molar refractivity (Wildman–Crippen MR) is 82.7 cm³/mol. The van der Waals surface area contributed by atoms with Gasteiger partial charge in [-0.05, 0) is 25.2 Å². The number of carbonyl (C=O) groups is 2. The van der Waals surface area contributed by atoms with Gasteiger partial charge in [-0.1, -0.05) is 26.2 Å². The number of hydrogen-bond donors (Lipinski definition) is 2. The lowest BCUT2D eigenvalue weighted by atomic mass is 9.81. The van der Waals surface area contributed by atoms with Crippen molar-refractivity contribution in [3.63, 3.8) is 0 Å². The summed E-state index contributed by atoms with van der Waals surface area (Å²) in [5.74, 6) is -0.642. The number of urea groups is 1. The molecule has 1 saturated carbocycles. The minimum atomic E-state index is -0.746. The smallest absolute Gasteiger partial charge is 0.317 e. The standard InChI is InChI=1S/C16H28N2O4/c1-3-4-7-13(10-22-2)17-15(21)18-9-12-6-5-8-16(12,11-18)14(19)20/h12-13H,3-11H2,1-2H3,(H,17,21)(H,19,20)/t12-,13?,16+/m0/s1. The highest BCUT2D eigenvalue weighted by Crippen LogP contribution is 2.48. The van der Waals surface area contributed by atoms with E-state index in [1.165, 1.54) is 0 Å².